The van der Waals surface area contributed by atoms with Gasteiger partial charge in [0.1, 0.15) is 6.79 Å². The van der Waals surface area contributed by atoms with E-state index in [1.165, 1.54) is 38.5 Å². The van der Waals surface area contributed by atoms with Gasteiger partial charge in [-0.2, -0.15) is 0 Å². The molecule has 0 atom stereocenters. The third-order valence-corrected chi connectivity index (χ3v) is 6.49. The molecule has 0 fully saturated rings. The van der Waals surface area contributed by atoms with E-state index in [1.54, 1.807) is 28.4 Å². The second-order valence-corrected chi connectivity index (χ2v) is 8.28. The molecule has 0 unspecified atom stereocenters. The largest absolute Gasteiger partial charge is 0.500 e. The molecule has 0 aliphatic heterocycles. The van der Waals surface area contributed by atoms with Crippen molar-refractivity contribution in [1.29, 1.82) is 0 Å². The average Bonchev–Trinajstić information content (AvgIpc) is 2.53. The molecule has 0 aromatic heterocycles. The zero-order chi connectivity index (χ0) is 15.8. The lowest BCUT2D eigenvalue weighted by atomic mass is 10.1. The van der Waals surface area contributed by atoms with Gasteiger partial charge in [-0.25, -0.2) is 0 Å². The van der Waals surface area contributed by atoms with Gasteiger partial charge >= 0.3 is 8.80 Å². The first-order valence-corrected chi connectivity index (χ1v) is 9.90. The van der Waals surface area contributed by atoms with Crippen molar-refractivity contribution in [2.24, 2.45) is 0 Å². The van der Waals surface area contributed by atoms with E-state index in [9.17, 15) is 0 Å². The maximum atomic E-state index is 5.41. The molecule has 0 heterocycles. The molecule has 0 bridgehead atoms. The second-order valence-electron chi connectivity index (χ2n) is 5.19. The van der Waals surface area contributed by atoms with Crippen LogP contribution in [0.1, 0.15) is 51.4 Å². The Labute approximate surface area is 131 Å². The van der Waals surface area contributed by atoms with Crippen LogP contribution in [0.3, 0.4) is 0 Å². The fraction of sp³-hybridized carbons (Fsp3) is 1.00. The third kappa shape index (κ3) is 11.3. The lowest BCUT2D eigenvalue weighted by Gasteiger charge is -2.24. The standard InChI is InChI=1S/C15H34O5Si/c1-16-15-20-13-11-9-7-5-6-8-10-12-14-21(17-2,18-3)19-4/h5-15H2,1-4H3. The van der Waals surface area contributed by atoms with Crippen molar-refractivity contribution in [3.05, 3.63) is 0 Å². The molecule has 0 amide bonds. The van der Waals surface area contributed by atoms with Crippen molar-refractivity contribution in [3.63, 3.8) is 0 Å². The maximum absolute atomic E-state index is 5.41. The zero-order valence-corrected chi connectivity index (χ0v) is 15.3. The Balaban J connectivity index is 3.29. The van der Waals surface area contributed by atoms with E-state index in [0.29, 0.717) is 6.79 Å². The average molecular weight is 323 g/mol. The highest BCUT2D eigenvalue weighted by Gasteiger charge is 2.36. The van der Waals surface area contributed by atoms with Gasteiger partial charge < -0.3 is 22.8 Å². The minimum atomic E-state index is -2.34. The van der Waals surface area contributed by atoms with Gasteiger partial charge in [0, 0.05) is 41.1 Å². The predicted molar refractivity (Wildman–Crippen MR) is 86.4 cm³/mol. The topological polar surface area (TPSA) is 46.2 Å². The summed E-state index contributed by atoms with van der Waals surface area (Å²) in [5.41, 5.74) is 0. The highest BCUT2D eigenvalue weighted by molar-refractivity contribution is 6.60. The first kappa shape index (κ1) is 21.0. The molecule has 21 heavy (non-hydrogen) atoms. The summed E-state index contributed by atoms with van der Waals surface area (Å²) >= 11 is 0. The summed E-state index contributed by atoms with van der Waals surface area (Å²) in [4.78, 5) is 0. The second kappa shape index (κ2) is 14.9. The van der Waals surface area contributed by atoms with E-state index in [-0.39, 0.29) is 0 Å². The summed E-state index contributed by atoms with van der Waals surface area (Å²) in [6.45, 7) is 1.22. The maximum Gasteiger partial charge on any atom is 0.500 e. The van der Waals surface area contributed by atoms with E-state index >= 15 is 0 Å². The molecule has 0 saturated heterocycles. The van der Waals surface area contributed by atoms with Gasteiger partial charge in [-0.1, -0.05) is 38.5 Å². The van der Waals surface area contributed by atoms with Gasteiger partial charge in [0.15, 0.2) is 0 Å². The van der Waals surface area contributed by atoms with Crippen molar-refractivity contribution < 1.29 is 22.8 Å². The van der Waals surface area contributed by atoms with Crippen LogP contribution in [0.5, 0.6) is 0 Å². The molecular formula is C15H34O5Si. The van der Waals surface area contributed by atoms with Crippen LogP contribution in [0.15, 0.2) is 0 Å². The molecule has 0 aliphatic carbocycles. The van der Waals surface area contributed by atoms with Crippen LogP contribution in [0.25, 0.3) is 0 Å². The van der Waals surface area contributed by atoms with E-state index in [4.69, 9.17) is 22.8 Å². The molecule has 0 saturated carbocycles. The smallest absolute Gasteiger partial charge is 0.377 e. The number of hydrogen-bond acceptors (Lipinski definition) is 5. The van der Waals surface area contributed by atoms with E-state index in [2.05, 4.69) is 0 Å². The normalized spacial score (nSPS) is 12.0. The van der Waals surface area contributed by atoms with E-state index in [0.717, 1.165) is 25.5 Å². The molecule has 0 spiro atoms. The Morgan fingerprint density at radius 1 is 0.619 bits per heavy atom. The van der Waals surface area contributed by atoms with E-state index in [1.807, 2.05) is 0 Å². The summed E-state index contributed by atoms with van der Waals surface area (Å²) < 4.78 is 26.3. The summed E-state index contributed by atoms with van der Waals surface area (Å²) in [6, 6.07) is 0.910. The quantitative estimate of drug-likeness (QED) is 0.247. The Morgan fingerprint density at radius 2 is 1.10 bits per heavy atom. The van der Waals surface area contributed by atoms with Crippen LogP contribution in [0.2, 0.25) is 6.04 Å². The number of unbranched alkanes of at least 4 members (excludes halogenated alkanes) is 7. The third-order valence-electron chi connectivity index (χ3n) is 3.66. The summed E-state index contributed by atoms with van der Waals surface area (Å²) in [5, 5.41) is 0. The first-order valence-electron chi connectivity index (χ1n) is 7.96. The number of ether oxygens (including phenoxy) is 2. The van der Waals surface area contributed by atoms with Crippen LogP contribution < -0.4 is 0 Å². The summed E-state index contributed by atoms with van der Waals surface area (Å²) in [7, 11) is 4.34. The lowest BCUT2D eigenvalue weighted by Crippen LogP contribution is -2.42. The molecule has 0 rings (SSSR count). The lowest BCUT2D eigenvalue weighted by molar-refractivity contribution is -0.0315. The van der Waals surface area contributed by atoms with Crippen LogP contribution in [-0.2, 0) is 22.8 Å². The van der Waals surface area contributed by atoms with Crippen molar-refractivity contribution in [1.82, 2.24) is 0 Å². The molecule has 0 N–H and O–H groups in total. The molecule has 0 radical (unpaired) electrons. The molecule has 5 nitrogen and oxygen atoms in total. The summed E-state index contributed by atoms with van der Waals surface area (Å²) in [6.07, 6.45) is 9.91. The highest BCUT2D eigenvalue weighted by Crippen LogP contribution is 2.18. The first-order chi connectivity index (χ1) is 10.2. The van der Waals surface area contributed by atoms with Gasteiger partial charge in [-0.05, 0) is 12.8 Å². The zero-order valence-electron chi connectivity index (χ0n) is 14.3. The van der Waals surface area contributed by atoms with Gasteiger partial charge in [0.2, 0.25) is 0 Å². The van der Waals surface area contributed by atoms with Crippen molar-refractivity contribution >= 4 is 8.80 Å². The number of rotatable bonds is 16. The van der Waals surface area contributed by atoms with E-state index < -0.39 is 8.80 Å². The predicted octanol–water partition coefficient (Wildman–Crippen LogP) is 3.61. The highest BCUT2D eigenvalue weighted by atomic mass is 28.4. The van der Waals surface area contributed by atoms with Crippen LogP contribution in [0.4, 0.5) is 0 Å². The van der Waals surface area contributed by atoms with Crippen LogP contribution >= 0.6 is 0 Å². The SMILES string of the molecule is COCOCCCCCCCCCC[Si](OC)(OC)OC. The van der Waals surface area contributed by atoms with Gasteiger partial charge in [0.05, 0.1) is 0 Å². The molecule has 6 heteroatoms. The minimum Gasteiger partial charge on any atom is -0.377 e. The van der Waals surface area contributed by atoms with Gasteiger partial charge in [-0.15, -0.1) is 0 Å². The molecule has 0 aromatic rings. The van der Waals surface area contributed by atoms with Gasteiger partial charge in [0.25, 0.3) is 0 Å². The molecule has 0 aromatic carbocycles. The number of methoxy groups -OCH3 is 1. The fourth-order valence-corrected chi connectivity index (χ4v) is 4.10. The summed E-state index contributed by atoms with van der Waals surface area (Å²) in [5.74, 6) is 0. The molecule has 128 valence electrons. The van der Waals surface area contributed by atoms with Crippen molar-refractivity contribution in [2.75, 3.05) is 41.8 Å². The number of hydrogen-bond donors (Lipinski definition) is 0. The Morgan fingerprint density at radius 3 is 1.57 bits per heavy atom. The molecule has 0 aliphatic rings. The van der Waals surface area contributed by atoms with Crippen molar-refractivity contribution in [3.8, 4) is 0 Å². The monoisotopic (exact) mass is 322 g/mol. The minimum absolute atomic E-state index is 0.412. The Kier molecular flexibility index (Phi) is 14.9. The van der Waals surface area contributed by atoms with Gasteiger partial charge in [-0.3, -0.25) is 0 Å². The van der Waals surface area contributed by atoms with Crippen LogP contribution in [-0.4, -0.2) is 50.6 Å². The van der Waals surface area contributed by atoms with Crippen molar-refractivity contribution in [2.45, 2.75) is 57.4 Å². The Hall–Kier alpha value is 0.0169. The fourth-order valence-electron chi connectivity index (χ4n) is 2.30. The Bertz CT molecular complexity index is 204. The molecular weight excluding hydrogens is 288 g/mol. The van der Waals surface area contributed by atoms with Crippen LogP contribution in [0, 0.1) is 0 Å².